The van der Waals surface area contributed by atoms with Gasteiger partial charge in [-0.15, -0.1) is 0 Å². The van der Waals surface area contributed by atoms with Gasteiger partial charge in [0.1, 0.15) is 0 Å². The van der Waals surface area contributed by atoms with Gasteiger partial charge in [-0.1, -0.05) is 24.2 Å². The lowest BCUT2D eigenvalue weighted by atomic mass is 9.96. The smallest absolute Gasteiger partial charge is 0.186 e. The van der Waals surface area contributed by atoms with Crippen molar-refractivity contribution in [1.29, 1.82) is 0 Å². The Morgan fingerprint density at radius 1 is 1.33 bits per heavy atom. The van der Waals surface area contributed by atoms with Gasteiger partial charge in [0.15, 0.2) is 10.9 Å². The minimum Gasteiger partial charge on any atom is -0.345 e. The zero-order valence-corrected chi connectivity index (χ0v) is 11.7. The van der Waals surface area contributed by atoms with E-state index in [2.05, 4.69) is 9.88 Å². The summed E-state index contributed by atoms with van der Waals surface area (Å²) in [7, 11) is 0. The van der Waals surface area contributed by atoms with E-state index in [1.165, 1.54) is 38.5 Å². The lowest BCUT2D eigenvalue weighted by Gasteiger charge is -2.28. The van der Waals surface area contributed by atoms with Gasteiger partial charge in [-0.3, -0.25) is 4.79 Å². The number of aromatic nitrogens is 1. The molecule has 1 unspecified atom stereocenters. The molecule has 2 heterocycles. The largest absolute Gasteiger partial charge is 0.345 e. The van der Waals surface area contributed by atoms with Crippen LogP contribution >= 0.6 is 11.3 Å². The lowest BCUT2D eigenvalue weighted by molar-refractivity contribution is 0.102. The highest BCUT2D eigenvalue weighted by molar-refractivity contribution is 7.17. The zero-order chi connectivity index (χ0) is 12.5. The minimum atomic E-state index is 0.135. The number of carbonyl (C=O) groups is 1. The summed E-state index contributed by atoms with van der Waals surface area (Å²) < 4.78 is 0. The summed E-state index contributed by atoms with van der Waals surface area (Å²) in [5, 5.41) is 1.06. The van der Waals surface area contributed by atoms with Crippen LogP contribution in [0.25, 0.3) is 0 Å². The van der Waals surface area contributed by atoms with Crippen molar-refractivity contribution in [1.82, 2.24) is 4.98 Å². The second kappa shape index (κ2) is 5.00. The second-order valence-electron chi connectivity index (χ2n) is 5.51. The number of ketones is 1. The molecular weight excluding hydrogens is 244 g/mol. The van der Waals surface area contributed by atoms with Crippen LogP contribution < -0.4 is 4.90 Å². The molecule has 4 heteroatoms. The SMILES string of the molecule is CC(=O)c1cnc(N2CCCC2C2CCCC2)s1. The number of thiazole rings is 1. The molecule has 0 radical (unpaired) electrons. The number of rotatable bonds is 3. The molecule has 1 saturated heterocycles. The van der Waals surface area contributed by atoms with Crippen molar-refractivity contribution in [3.8, 4) is 0 Å². The second-order valence-corrected chi connectivity index (χ2v) is 6.52. The highest BCUT2D eigenvalue weighted by Gasteiger charge is 2.34. The van der Waals surface area contributed by atoms with E-state index in [1.807, 2.05) is 0 Å². The van der Waals surface area contributed by atoms with Crippen LogP contribution in [0.5, 0.6) is 0 Å². The molecule has 0 aromatic carbocycles. The Bertz CT molecular complexity index is 437. The third-order valence-electron chi connectivity index (χ3n) is 4.33. The van der Waals surface area contributed by atoms with Crippen LogP contribution in [0.1, 0.15) is 55.1 Å². The Morgan fingerprint density at radius 2 is 2.11 bits per heavy atom. The fourth-order valence-corrected chi connectivity index (χ4v) is 4.32. The van der Waals surface area contributed by atoms with Gasteiger partial charge in [0.2, 0.25) is 0 Å². The average Bonchev–Trinajstić information content (AvgIpc) is 3.10. The summed E-state index contributed by atoms with van der Waals surface area (Å²) in [5.74, 6) is 0.993. The van der Waals surface area contributed by atoms with E-state index in [1.54, 1.807) is 24.5 Å². The molecule has 3 nitrogen and oxygen atoms in total. The molecule has 1 aromatic heterocycles. The predicted molar refractivity (Wildman–Crippen MR) is 74.4 cm³/mol. The highest BCUT2D eigenvalue weighted by Crippen LogP contribution is 2.38. The van der Waals surface area contributed by atoms with Gasteiger partial charge >= 0.3 is 0 Å². The molecule has 0 bridgehead atoms. The molecule has 0 spiro atoms. The molecule has 1 aliphatic carbocycles. The molecule has 1 atom stereocenters. The van der Waals surface area contributed by atoms with Crippen molar-refractivity contribution >= 4 is 22.3 Å². The molecule has 3 rings (SSSR count). The third kappa shape index (κ3) is 2.18. The Hall–Kier alpha value is -0.900. The van der Waals surface area contributed by atoms with Crippen molar-refractivity contribution in [2.45, 2.75) is 51.5 Å². The lowest BCUT2D eigenvalue weighted by Crippen LogP contribution is -2.34. The summed E-state index contributed by atoms with van der Waals surface area (Å²) in [4.78, 5) is 19.1. The Labute approximate surface area is 112 Å². The van der Waals surface area contributed by atoms with Crippen LogP contribution in [0, 0.1) is 5.92 Å². The topological polar surface area (TPSA) is 33.2 Å². The van der Waals surface area contributed by atoms with Gasteiger partial charge in [0, 0.05) is 19.5 Å². The summed E-state index contributed by atoms with van der Waals surface area (Å²) in [6.45, 7) is 2.74. The molecule has 1 aromatic rings. The van der Waals surface area contributed by atoms with Crippen LogP contribution in [-0.4, -0.2) is 23.4 Å². The monoisotopic (exact) mass is 264 g/mol. The Kier molecular flexibility index (Phi) is 3.37. The van der Waals surface area contributed by atoms with Crippen LogP contribution in [0.3, 0.4) is 0 Å². The van der Waals surface area contributed by atoms with E-state index >= 15 is 0 Å². The van der Waals surface area contributed by atoms with Gasteiger partial charge in [-0.25, -0.2) is 4.98 Å². The minimum absolute atomic E-state index is 0.135. The van der Waals surface area contributed by atoms with E-state index in [9.17, 15) is 4.79 Å². The maximum Gasteiger partial charge on any atom is 0.186 e. The third-order valence-corrected chi connectivity index (χ3v) is 5.46. The summed E-state index contributed by atoms with van der Waals surface area (Å²) in [5.41, 5.74) is 0. The average molecular weight is 264 g/mol. The number of anilines is 1. The van der Waals surface area contributed by atoms with Crippen LogP contribution in [0.2, 0.25) is 0 Å². The highest BCUT2D eigenvalue weighted by atomic mass is 32.1. The van der Waals surface area contributed by atoms with E-state index in [-0.39, 0.29) is 5.78 Å². The fraction of sp³-hybridized carbons (Fsp3) is 0.714. The first kappa shape index (κ1) is 12.2. The maximum absolute atomic E-state index is 11.4. The molecular formula is C14H20N2OS. The van der Waals surface area contributed by atoms with Crippen LogP contribution in [-0.2, 0) is 0 Å². The molecule has 1 aliphatic heterocycles. The Morgan fingerprint density at radius 3 is 2.78 bits per heavy atom. The van der Waals surface area contributed by atoms with Crippen LogP contribution in [0.15, 0.2) is 6.20 Å². The standard InChI is InChI=1S/C14H20N2OS/c1-10(17)13-9-15-14(18-13)16-8-4-7-12(16)11-5-2-3-6-11/h9,11-12H,2-8H2,1H3. The number of hydrogen-bond acceptors (Lipinski definition) is 4. The summed E-state index contributed by atoms with van der Waals surface area (Å²) in [6.07, 6.45) is 9.87. The fourth-order valence-electron chi connectivity index (χ4n) is 3.42. The molecule has 1 saturated carbocycles. The molecule has 98 valence electrons. The van der Waals surface area contributed by atoms with Gasteiger partial charge < -0.3 is 4.90 Å². The van der Waals surface area contributed by atoms with Gasteiger partial charge in [0.25, 0.3) is 0 Å². The maximum atomic E-state index is 11.4. The molecule has 2 aliphatic rings. The molecule has 0 N–H and O–H groups in total. The van der Waals surface area contributed by atoms with E-state index in [0.717, 1.165) is 22.5 Å². The first-order valence-corrected chi connectivity index (χ1v) is 7.81. The normalized spacial score (nSPS) is 24.9. The zero-order valence-electron chi connectivity index (χ0n) is 10.9. The van der Waals surface area contributed by atoms with Crippen molar-refractivity contribution in [3.05, 3.63) is 11.1 Å². The quantitative estimate of drug-likeness (QED) is 0.783. The van der Waals surface area contributed by atoms with Crippen molar-refractivity contribution in [3.63, 3.8) is 0 Å². The number of nitrogens with zero attached hydrogens (tertiary/aromatic N) is 2. The molecule has 2 fully saturated rings. The summed E-state index contributed by atoms with van der Waals surface area (Å²) in [6, 6.07) is 0.679. The molecule has 18 heavy (non-hydrogen) atoms. The van der Waals surface area contributed by atoms with Crippen molar-refractivity contribution < 1.29 is 4.79 Å². The van der Waals surface area contributed by atoms with Gasteiger partial charge in [-0.05, 0) is 31.6 Å². The number of hydrogen-bond donors (Lipinski definition) is 0. The number of carbonyl (C=O) groups excluding carboxylic acids is 1. The van der Waals surface area contributed by atoms with Crippen molar-refractivity contribution in [2.24, 2.45) is 5.92 Å². The van der Waals surface area contributed by atoms with E-state index < -0.39 is 0 Å². The van der Waals surface area contributed by atoms with Gasteiger partial charge in [0.05, 0.1) is 11.1 Å². The van der Waals surface area contributed by atoms with Crippen LogP contribution in [0.4, 0.5) is 5.13 Å². The first-order valence-electron chi connectivity index (χ1n) is 6.99. The summed E-state index contributed by atoms with van der Waals surface area (Å²) >= 11 is 1.57. The molecule has 0 amide bonds. The Balaban J connectivity index is 1.78. The first-order chi connectivity index (χ1) is 8.75. The predicted octanol–water partition coefficient (Wildman–Crippen LogP) is 3.50. The number of Topliss-reactive ketones (excluding diaryl/α,β-unsaturated/α-hetero) is 1. The van der Waals surface area contributed by atoms with Crippen molar-refractivity contribution in [2.75, 3.05) is 11.4 Å². The van der Waals surface area contributed by atoms with E-state index in [4.69, 9.17) is 0 Å². The van der Waals surface area contributed by atoms with E-state index in [0.29, 0.717) is 6.04 Å². The van der Waals surface area contributed by atoms with Gasteiger partial charge in [-0.2, -0.15) is 0 Å².